The van der Waals surface area contributed by atoms with Gasteiger partial charge in [0.05, 0.1) is 5.69 Å². The van der Waals surface area contributed by atoms with Crippen molar-refractivity contribution in [2.75, 3.05) is 4.90 Å². The molecule has 2 aromatic rings. The second-order valence-electron chi connectivity index (χ2n) is 4.93. The number of imide groups is 2. The van der Waals surface area contributed by atoms with Crippen LogP contribution in [0, 0.1) is 0 Å². The zero-order valence-electron chi connectivity index (χ0n) is 12.1. The monoisotopic (exact) mass is 360 g/mol. The van der Waals surface area contributed by atoms with Crippen molar-refractivity contribution in [2.24, 2.45) is 0 Å². The highest BCUT2D eigenvalue weighted by Gasteiger charge is 2.36. The van der Waals surface area contributed by atoms with E-state index in [9.17, 15) is 14.4 Å². The average molecular weight is 361 g/mol. The number of hydrogen-bond donors (Lipinski definition) is 1. The lowest BCUT2D eigenvalue weighted by Gasteiger charge is -2.26. The maximum absolute atomic E-state index is 12.7. The number of anilines is 1. The number of nitrogens with one attached hydrogen (secondary N) is 1. The van der Waals surface area contributed by atoms with Gasteiger partial charge in [0.25, 0.3) is 11.8 Å². The molecule has 120 valence electrons. The predicted molar refractivity (Wildman–Crippen MR) is 91.9 cm³/mol. The normalized spacial score (nSPS) is 16.5. The van der Waals surface area contributed by atoms with Crippen molar-refractivity contribution in [2.45, 2.75) is 0 Å². The molecule has 0 aliphatic carbocycles. The molecule has 0 saturated carbocycles. The summed E-state index contributed by atoms with van der Waals surface area (Å²) in [5.41, 5.74) is 0.457. The standard InChI is InChI=1S/C17H10Cl2N2O3/c18-13-7-4-8-14(19)11(13)9-12-15(22)20-17(24)21(16(12)23)10-5-2-1-3-6-10/h1-9H,(H,20,22,24)/b12-9+. The Morgan fingerprint density at radius 2 is 1.50 bits per heavy atom. The molecule has 1 aliphatic rings. The molecule has 1 aliphatic heterocycles. The highest BCUT2D eigenvalue weighted by Crippen LogP contribution is 2.28. The number of carbonyl (C=O) groups is 3. The van der Waals surface area contributed by atoms with E-state index in [1.165, 1.54) is 6.08 Å². The Balaban J connectivity index is 2.08. The van der Waals surface area contributed by atoms with Crippen molar-refractivity contribution in [3.05, 3.63) is 69.7 Å². The number of rotatable bonds is 2. The summed E-state index contributed by atoms with van der Waals surface area (Å²) in [6.45, 7) is 0. The Hall–Kier alpha value is -2.63. The molecule has 0 atom stereocenters. The number of nitrogens with zero attached hydrogens (tertiary/aromatic N) is 1. The van der Waals surface area contributed by atoms with Gasteiger partial charge < -0.3 is 0 Å². The van der Waals surface area contributed by atoms with Crippen molar-refractivity contribution < 1.29 is 14.4 Å². The first kappa shape index (κ1) is 16.2. The van der Waals surface area contributed by atoms with Gasteiger partial charge in [0.1, 0.15) is 5.57 Å². The highest BCUT2D eigenvalue weighted by molar-refractivity contribution is 6.41. The average Bonchev–Trinajstić information content (AvgIpc) is 2.54. The zero-order chi connectivity index (χ0) is 17.3. The molecule has 1 heterocycles. The smallest absolute Gasteiger partial charge is 0.273 e. The molecule has 0 radical (unpaired) electrons. The molecule has 0 bridgehead atoms. The van der Waals surface area contributed by atoms with Gasteiger partial charge in [-0.05, 0) is 30.3 Å². The minimum Gasteiger partial charge on any atom is -0.273 e. The first-order valence-corrected chi connectivity index (χ1v) is 7.65. The van der Waals surface area contributed by atoms with E-state index >= 15 is 0 Å². The van der Waals surface area contributed by atoms with Gasteiger partial charge in [-0.1, -0.05) is 47.5 Å². The summed E-state index contributed by atoms with van der Waals surface area (Å²) in [6, 6.07) is 12.3. The van der Waals surface area contributed by atoms with Crippen LogP contribution in [0.3, 0.4) is 0 Å². The minimum absolute atomic E-state index is 0.228. The van der Waals surface area contributed by atoms with Gasteiger partial charge in [-0.15, -0.1) is 0 Å². The van der Waals surface area contributed by atoms with E-state index in [-0.39, 0.29) is 5.57 Å². The van der Waals surface area contributed by atoms with Gasteiger partial charge in [-0.25, -0.2) is 9.69 Å². The zero-order valence-corrected chi connectivity index (χ0v) is 13.6. The van der Waals surface area contributed by atoms with Crippen LogP contribution < -0.4 is 10.2 Å². The first-order chi connectivity index (χ1) is 11.5. The van der Waals surface area contributed by atoms with Gasteiger partial charge in [0.15, 0.2) is 0 Å². The third-order valence-corrected chi connectivity index (χ3v) is 4.06. The fraction of sp³-hybridized carbons (Fsp3) is 0. The van der Waals surface area contributed by atoms with E-state index in [0.717, 1.165) is 4.90 Å². The Morgan fingerprint density at radius 3 is 2.12 bits per heavy atom. The van der Waals surface area contributed by atoms with Crippen LogP contribution in [0.5, 0.6) is 0 Å². The van der Waals surface area contributed by atoms with Crippen LogP contribution in [0.25, 0.3) is 6.08 Å². The maximum Gasteiger partial charge on any atom is 0.335 e. The Morgan fingerprint density at radius 1 is 0.875 bits per heavy atom. The molecular formula is C17H10Cl2N2O3. The second kappa shape index (κ2) is 6.47. The largest absolute Gasteiger partial charge is 0.335 e. The molecule has 0 unspecified atom stereocenters. The number of benzene rings is 2. The van der Waals surface area contributed by atoms with Crippen LogP contribution in [-0.2, 0) is 9.59 Å². The quantitative estimate of drug-likeness (QED) is 0.656. The number of carbonyl (C=O) groups excluding carboxylic acids is 3. The van der Waals surface area contributed by atoms with Crippen molar-refractivity contribution in [3.63, 3.8) is 0 Å². The Labute approximate surface area is 147 Å². The summed E-state index contributed by atoms with van der Waals surface area (Å²) in [6.07, 6.45) is 1.28. The van der Waals surface area contributed by atoms with Crippen molar-refractivity contribution >= 4 is 52.8 Å². The molecule has 1 N–H and O–H groups in total. The minimum atomic E-state index is -0.807. The summed E-state index contributed by atoms with van der Waals surface area (Å²) >= 11 is 12.1. The van der Waals surface area contributed by atoms with Crippen LogP contribution in [-0.4, -0.2) is 17.8 Å². The van der Waals surface area contributed by atoms with E-state index in [1.807, 2.05) is 0 Å². The number of barbiturate groups is 1. The van der Waals surface area contributed by atoms with Gasteiger partial charge in [0, 0.05) is 15.6 Å². The third-order valence-electron chi connectivity index (χ3n) is 3.40. The molecule has 4 amide bonds. The van der Waals surface area contributed by atoms with E-state index in [4.69, 9.17) is 23.2 Å². The SMILES string of the molecule is O=C1NC(=O)N(c2ccccc2)C(=O)/C1=C/c1c(Cl)cccc1Cl. The van der Waals surface area contributed by atoms with Crippen molar-refractivity contribution in [1.82, 2.24) is 5.32 Å². The second-order valence-corrected chi connectivity index (χ2v) is 5.74. The molecule has 7 heteroatoms. The van der Waals surface area contributed by atoms with Gasteiger partial charge in [0.2, 0.25) is 0 Å². The topological polar surface area (TPSA) is 66.5 Å². The van der Waals surface area contributed by atoms with Gasteiger partial charge in [-0.3, -0.25) is 14.9 Å². The molecule has 0 spiro atoms. The van der Waals surface area contributed by atoms with Crippen LogP contribution in [0.15, 0.2) is 54.1 Å². The lowest BCUT2D eigenvalue weighted by molar-refractivity contribution is -0.122. The first-order valence-electron chi connectivity index (χ1n) is 6.89. The summed E-state index contributed by atoms with van der Waals surface area (Å²) in [5.74, 6) is -1.54. The molecule has 5 nitrogen and oxygen atoms in total. The Kier molecular flexibility index (Phi) is 4.38. The highest BCUT2D eigenvalue weighted by atomic mass is 35.5. The summed E-state index contributed by atoms with van der Waals surface area (Å²) in [4.78, 5) is 37.7. The fourth-order valence-corrected chi connectivity index (χ4v) is 2.77. The number of amides is 4. The molecule has 1 fully saturated rings. The van der Waals surface area contributed by atoms with Gasteiger partial charge >= 0.3 is 6.03 Å². The van der Waals surface area contributed by atoms with Crippen LogP contribution in [0.2, 0.25) is 10.0 Å². The maximum atomic E-state index is 12.7. The lowest BCUT2D eigenvalue weighted by atomic mass is 10.1. The predicted octanol–water partition coefficient (Wildman–Crippen LogP) is 3.66. The summed E-state index contributed by atoms with van der Waals surface area (Å²) in [5, 5.41) is 2.72. The van der Waals surface area contributed by atoms with Gasteiger partial charge in [-0.2, -0.15) is 0 Å². The van der Waals surface area contributed by atoms with E-state index in [0.29, 0.717) is 21.3 Å². The molecule has 1 saturated heterocycles. The molecule has 24 heavy (non-hydrogen) atoms. The van der Waals surface area contributed by atoms with Crippen LogP contribution in [0.4, 0.5) is 10.5 Å². The molecule has 2 aromatic carbocycles. The third kappa shape index (κ3) is 2.91. The summed E-state index contributed by atoms with van der Waals surface area (Å²) in [7, 11) is 0. The van der Waals surface area contributed by atoms with Crippen molar-refractivity contribution in [3.8, 4) is 0 Å². The van der Waals surface area contributed by atoms with E-state index < -0.39 is 17.8 Å². The van der Waals surface area contributed by atoms with Crippen LogP contribution in [0.1, 0.15) is 5.56 Å². The lowest BCUT2D eigenvalue weighted by Crippen LogP contribution is -2.54. The van der Waals surface area contributed by atoms with Crippen molar-refractivity contribution in [1.29, 1.82) is 0 Å². The summed E-state index contributed by atoms with van der Waals surface area (Å²) < 4.78 is 0. The fourth-order valence-electron chi connectivity index (χ4n) is 2.26. The number of urea groups is 1. The number of para-hydroxylation sites is 1. The Bertz CT molecular complexity index is 858. The molecule has 0 aromatic heterocycles. The van der Waals surface area contributed by atoms with E-state index in [2.05, 4.69) is 5.32 Å². The number of halogens is 2. The molecule has 3 rings (SSSR count). The number of hydrogen-bond acceptors (Lipinski definition) is 3. The molecular weight excluding hydrogens is 351 g/mol. The van der Waals surface area contributed by atoms with E-state index in [1.54, 1.807) is 48.5 Å². The van der Waals surface area contributed by atoms with Crippen LogP contribution >= 0.6 is 23.2 Å².